The van der Waals surface area contributed by atoms with Gasteiger partial charge in [-0.05, 0) is 37.6 Å². The standard InChI is InChI=1S/C15H18N4O3S/c1-2-22-9-3-8-19-23(20,21)15-6-4-14(5-7-15)18-12-13(10-16)11-17/h4-7,12,18-19H,2-3,8-9H2,1H3. The number of hydrogen-bond donors (Lipinski definition) is 2. The summed E-state index contributed by atoms with van der Waals surface area (Å²) >= 11 is 0. The normalized spacial score (nSPS) is 10.4. The van der Waals surface area contributed by atoms with Gasteiger partial charge in [0.1, 0.15) is 17.7 Å². The van der Waals surface area contributed by atoms with Gasteiger partial charge in [0, 0.05) is 31.6 Å². The molecule has 0 aromatic heterocycles. The van der Waals surface area contributed by atoms with Gasteiger partial charge in [0.25, 0.3) is 0 Å². The second kappa shape index (κ2) is 9.59. The number of sulfonamides is 1. The van der Waals surface area contributed by atoms with Crippen molar-refractivity contribution in [1.29, 1.82) is 10.5 Å². The molecule has 7 nitrogen and oxygen atoms in total. The molecule has 1 rings (SSSR count). The van der Waals surface area contributed by atoms with Crippen LogP contribution in [-0.4, -0.2) is 28.2 Å². The van der Waals surface area contributed by atoms with Crippen molar-refractivity contribution in [1.82, 2.24) is 4.72 Å². The highest BCUT2D eigenvalue weighted by Gasteiger charge is 2.12. The molecule has 2 N–H and O–H groups in total. The number of rotatable bonds is 9. The summed E-state index contributed by atoms with van der Waals surface area (Å²) in [5.74, 6) is 0. The molecule has 23 heavy (non-hydrogen) atoms. The molecule has 122 valence electrons. The minimum absolute atomic E-state index is 0.0716. The van der Waals surface area contributed by atoms with Crippen molar-refractivity contribution in [3.63, 3.8) is 0 Å². The van der Waals surface area contributed by atoms with Crippen LogP contribution in [0.3, 0.4) is 0 Å². The molecule has 0 aliphatic rings. The number of nitrogens with one attached hydrogen (secondary N) is 2. The van der Waals surface area contributed by atoms with Crippen molar-refractivity contribution in [2.75, 3.05) is 25.1 Å². The largest absolute Gasteiger partial charge is 0.382 e. The Bertz CT molecular complexity index is 697. The first-order valence-electron chi connectivity index (χ1n) is 6.98. The number of hydrogen-bond acceptors (Lipinski definition) is 6. The molecular weight excluding hydrogens is 316 g/mol. The fourth-order valence-electron chi connectivity index (χ4n) is 1.58. The maximum Gasteiger partial charge on any atom is 0.240 e. The molecule has 0 atom stereocenters. The van der Waals surface area contributed by atoms with Gasteiger partial charge in [-0.1, -0.05) is 0 Å². The van der Waals surface area contributed by atoms with Crippen molar-refractivity contribution in [3.05, 3.63) is 36.0 Å². The molecule has 0 bridgehead atoms. The molecular formula is C15H18N4O3S. The minimum atomic E-state index is -3.56. The summed E-state index contributed by atoms with van der Waals surface area (Å²) in [7, 11) is -3.56. The maximum absolute atomic E-state index is 12.1. The Morgan fingerprint density at radius 1 is 1.26 bits per heavy atom. The zero-order valence-electron chi connectivity index (χ0n) is 12.7. The van der Waals surface area contributed by atoms with Crippen molar-refractivity contribution >= 4 is 15.7 Å². The molecule has 0 aliphatic heterocycles. The van der Waals surface area contributed by atoms with E-state index in [1.807, 2.05) is 6.92 Å². The Labute approximate surface area is 136 Å². The van der Waals surface area contributed by atoms with Gasteiger partial charge in [-0.25, -0.2) is 13.1 Å². The van der Waals surface area contributed by atoms with E-state index in [9.17, 15) is 8.42 Å². The lowest BCUT2D eigenvalue weighted by atomic mass is 10.3. The van der Waals surface area contributed by atoms with Crippen LogP contribution in [0.1, 0.15) is 13.3 Å². The zero-order chi connectivity index (χ0) is 17.1. The minimum Gasteiger partial charge on any atom is -0.382 e. The zero-order valence-corrected chi connectivity index (χ0v) is 13.6. The van der Waals surface area contributed by atoms with Gasteiger partial charge in [-0.15, -0.1) is 0 Å². The Morgan fingerprint density at radius 2 is 1.91 bits per heavy atom. The van der Waals surface area contributed by atoms with E-state index >= 15 is 0 Å². The molecule has 0 amide bonds. The number of allylic oxidation sites excluding steroid dienone is 1. The maximum atomic E-state index is 12.1. The third-order valence-electron chi connectivity index (χ3n) is 2.75. The molecule has 0 saturated heterocycles. The number of nitriles is 2. The predicted molar refractivity (Wildman–Crippen MR) is 85.7 cm³/mol. The molecule has 0 unspecified atom stereocenters. The molecule has 1 aromatic carbocycles. The van der Waals surface area contributed by atoms with Gasteiger partial charge in [-0.2, -0.15) is 10.5 Å². The fraction of sp³-hybridized carbons (Fsp3) is 0.333. The first kappa shape index (κ1) is 18.7. The fourth-order valence-corrected chi connectivity index (χ4v) is 2.66. The quantitative estimate of drug-likeness (QED) is 0.525. The average Bonchev–Trinajstić information content (AvgIpc) is 2.56. The Hall–Kier alpha value is -2.39. The lowest BCUT2D eigenvalue weighted by Gasteiger charge is -2.08. The second-order valence-electron chi connectivity index (χ2n) is 4.40. The first-order valence-corrected chi connectivity index (χ1v) is 8.46. The summed E-state index contributed by atoms with van der Waals surface area (Å²) in [6, 6.07) is 9.43. The SMILES string of the molecule is CCOCCCNS(=O)(=O)c1ccc(NC=C(C#N)C#N)cc1. The van der Waals surface area contributed by atoms with Crippen molar-refractivity contribution in [2.45, 2.75) is 18.2 Å². The van der Waals surface area contributed by atoms with E-state index in [0.717, 1.165) is 0 Å². The van der Waals surface area contributed by atoms with E-state index in [1.165, 1.54) is 18.3 Å². The number of benzene rings is 1. The van der Waals surface area contributed by atoms with Crippen molar-refractivity contribution in [3.8, 4) is 12.1 Å². The topological polar surface area (TPSA) is 115 Å². The number of anilines is 1. The van der Waals surface area contributed by atoms with Crippen LogP contribution in [0.4, 0.5) is 5.69 Å². The lowest BCUT2D eigenvalue weighted by molar-refractivity contribution is 0.146. The highest BCUT2D eigenvalue weighted by molar-refractivity contribution is 7.89. The third-order valence-corrected chi connectivity index (χ3v) is 4.23. The van der Waals surface area contributed by atoms with Gasteiger partial charge in [0.15, 0.2) is 0 Å². The van der Waals surface area contributed by atoms with E-state index in [2.05, 4.69) is 10.0 Å². The lowest BCUT2D eigenvalue weighted by Crippen LogP contribution is -2.25. The molecule has 0 heterocycles. The molecule has 0 spiro atoms. The predicted octanol–water partition coefficient (Wildman–Crippen LogP) is 1.73. The van der Waals surface area contributed by atoms with Crippen molar-refractivity contribution < 1.29 is 13.2 Å². The van der Waals surface area contributed by atoms with Crippen LogP contribution >= 0.6 is 0 Å². The van der Waals surface area contributed by atoms with Crippen LogP contribution in [0.25, 0.3) is 0 Å². The summed E-state index contributed by atoms with van der Waals surface area (Å²) in [5, 5.41) is 20.0. The van der Waals surface area contributed by atoms with E-state index in [4.69, 9.17) is 15.3 Å². The van der Waals surface area contributed by atoms with Crippen LogP contribution < -0.4 is 10.0 Å². The van der Waals surface area contributed by atoms with Crippen LogP contribution in [0, 0.1) is 22.7 Å². The van der Waals surface area contributed by atoms with Gasteiger partial charge < -0.3 is 10.1 Å². The van der Waals surface area contributed by atoms with E-state index in [-0.39, 0.29) is 10.5 Å². The van der Waals surface area contributed by atoms with E-state index in [0.29, 0.717) is 31.9 Å². The first-order chi connectivity index (χ1) is 11.0. The highest BCUT2D eigenvalue weighted by Crippen LogP contribution is 2.14. The molecule has 8 heteroatoms. The Morgan fingerprint density at radius 3 is 2.48 bits per heavy atom. The molecule has 0 radical (unpaired) electrons. The second-order valence-corrected chi connectivity index (χ2v) is 6.17. The summed E-state index contributed by atoms with van der Waals surface area (Å²) < 4.78 is 31.8. The van der Waals surface area contributed by atoms with Crippen LogP contribution in [0.5, 0.6) is 0 Å². The Balaban J connectivity index is 2.63. The van der Waals surface area contributed by atoms with E-state index < -0.39 is 10.0 Å². The molecule has 1 aromatic rings. The molecule has 0 saturated carbocycles. The van der Waals surface area contributed by atoms with E-state index in [1.54, 1.807) is 24.3 Å². The van der Waals surface area contributed by atoms with Crippen LogP contribution in [0.15, 0.2) is 40.9 Å². The summed E-state index contributed by atoms with van der Waals surface area (Å²) in [6.07, 6.45) is 1.86. The third kappa shape index (κ3) is 6.49. The smallest absolute Gasteiger partial charge is 0.240 e. The van der Waals surface area contributed by atoms with Crippen LogP contribution in [-0.2, 0) is 14.8 Å². The summed E-state index contributed by atoms with van der Waals surface area (Å²) in [5.41, 5.74) is 0.501. The molecule has 0 aliphatic carbocycles. The summed E-state index contributed by atoms with van der Waals surface area (Å²) in [4.78, 5) is 0.143. The average molecular weight is 334 g/mol. The van der Waals surface area contributed by atoms with Gasteiger partial charge in [0.2, 0.25) is 10.0 Å². The van der Waals surface area contributed by atoms with Gasteiger partial charge in [-0.3, -0.25) is 0 Å². The van der Waals surface area contributed by atoms with Crippen LogP contribution in [0.2, 0.25) is 0 Å². The monoisotopic (exact) mass is 334 g/mol. The number of ether oxygens (including phenoxy) is 1. The Kier molecular flexibility index (Phi) is 7.78. The number of nitrogens with zero attached hydrogens (tertiary/aromatic N) is 2. The van der Waals surface area contributed by atoms with Crippen molar-refractivity contribution in [2.24, 2.45) is 0 Å². The highest BCUT2D eigenvalue weighted by atomic mass is 32.2. The van der Waals surface area contributed by atoms with Gasteiger partial charge in [0.05, 0.1) is 4.90 Å². The molecule has 0 fully saturated rings. The van der Waals surface area contributed by atoms with Gasteiger partial charge >= 0.3 is 0 Å². The summed E-state index contributed by atoms with van der Waals surface area (Å²) in [6.45, 7) is 3.30.